The smallest absolute Gasteiger partial charge is 0.173 e. The summed E-state index contributed by atoms with van der Waals surface area (Å²) in [6.07, 6.45) is 0. The quantitative estimate of drug-likeness (QED) is 0.156. The Bertz CT molecular complexity index is 1840. The van der Waals surface area contributed by atoms with Crippen LogP contribution in [0.25, 0.3) is 20.4 Å². The molecule has 2 unspecified atom stereocenters. The van der Waals surface area contributed by atoms with E-state index in [0.717, 1.165) is 26.0 Å². The van der Waals surface area contributed by atoms with Gasteiger partial charge in [-0.3, -0.25) is 9.59 Å². The van der Waals surface area contributed by atoms with Crippen LogP contribution in [0, 0.1) is 0 Å². The number of ketones is 2. The molecule has 2 heterocycles. The van der Waals surface area contributed by atoms with Crippen molar-refractivity contribution in [3.05, 3.63) is 166 Å². The molecule has 6 heteroatoms. The van der Waals surface area contributed by atoms with E-state index in [9.17, 15) is 9.59 Å². The van der Waals surface area contributed by atoms with E-state index in [1.54, 1.807) is 0 Å². The second kappa shape index (κ2) is 11.8. The van der Waals surface area contributed by atoms with Crippen molar-refractivity contribution in [2.75, 3.05) is 0 Å². The maximum atomic E-state index is 14.7. The van der Waals surface area contributed by atoms with Crippen LogP contribution in [0.1, 0.15) is 54.0 Å². The Balaban J connectivity index is 1.51. The van der Waals surface area contributed by atoms with Crippen LogP contribution in [-0.2, 0) is 0 Å². The van der Waals surface area contributed by atoms with Gasteiger partial charge in [0.15, 0.2) is 11.6 Å². The average molecular weight is 595 g/mol. The number of carbonyl (C=O) groups excluding carboxylic acids is 2. The van der Waals surface area contributed by atoms with E-state index in [2.05, 4.69) is 0 Å². The lowest BCUT2D eigenvalue weighted by Gasteiger charge is -2.31. The molecule has 2 atom stereocenters. The van der Waals surface area contributed by atoms with Crippen molar-refractivity contribution >= 4 is 54.7 Å². The van der Waals surface area contributed by atoms with Crippen LogP contribution < -0.4 is 0 Å². The maximum absolute atomic E-state index is 14.7. The molecule has 0 aliphatic rings. The number of hydrogen-bond acceptors (Lipinski definition) is 6. The maximum Gasteiger partial charge on any atom is 0.173 e. The predicted octanol–water partition coefficient (Wildman–Crippen LogP) is 9.32. The molecule has 7 rings (SSSR count). The fourth-order valence-corrected chi connectivity index (χ4v) is 7.95. The molecular formula is C37H26N2O2S2. The van der Waals surface area contributed by atoms with E-state index < -0.39 is 17.8 Å². The third-order valence-electron chi connectivity index (χ3n) is 7.74. The molecule has 0 aliphatic carbocycles. The zero-order chi connectivity index (χ0) is 29.2. The molecule has 0 bridgehead atoms. The first kappa shape index (κ1) is 27.1. The summed E-state index contributed by atoms with van der Waals surface area (Å²) in [5.41, 5.74) is 3.74. The van der Waals surface area contributed by atoms with Crippen LogP contribution in [0.15, 0.2) is 140 Å². The first-order valence-electron chi connectivity index (χ1n) is 14.1. The number of rotatable bonds is 9. The van der Waals surface area contributed by atoms with Crippen molar-refractivity contribution in [1.82, 2.24) is 9.97 Å². The Kier molecular flexibility index (Phi) is 7.46. The second-order valence-corrected chi connectivity index (χ2v) is 12.5. The first-order valence-corrected chi connectivity index (χ1v) is 15.7. The van der Waals surface area contributed by atoms with Gasteiger partial charge in [0.2, 0.25) is 0 Å². The topological polar surface area (TPSA) is 59.9 Å². The molecule has 0 radical (unpaired) electrons. The molecule has 0 fully saturated rings. The minimum Gasteiger partial charge on any atom is -0.293 e. The number of thiazole rings is 2. The van der Waals surface area contributed by atoms with Gasteiger partial charge in [-0.05, 0) is 29.8 Å². The largest absolute Gasteiger partial charge is 0.293 e. The molecule has 208 valence electrons. The van der Waals surface area contributed by atoms with E-state index >= 15 is 0 Å². The normalized spacial score (nSPS) is 13.5. The molecule has 0 N–H and O–H groups in total. The van der Waals surface area contributed by atoms with E-state index in [-0.39, 0.29) is 11.6 Å². The lowest BCUT2D eigenvalue weighted by Crippen LogP contribution is -2.30. The fourth-order valence-electron chi connectivity index (χ4n) is 5.72. The minimum absolute atomic E-state index is 0.0690. The van der Waals surface area contributed by atoms with E-state index in [4.69, 9.17) is 9.97 Å². The minimum atomic E-state index is -0.730. The summed E-state index contributed by atoms with van der Waals surface area (Å²) in [5, 5.41) is 1.38. The highest BCUT2D eigenvalue weighted by molar-refractivity contribution is 7.19. The third kappa shape index (κ3) is 5.31. The number of benzene rings is 5. The molecule has 0 saturated carbocycles. The van der Waals surface area contributed by atoms with Gasteiger partial charge in [0.25, 0.3) is 0 Å². The van der Waals surface area contributed by atoms with E-state index in [1.165, 1.54) is 22.7 Å². The molecule has 0 saturated heterocycles. The number of fused-ring (bicyclic) bond motifs is 2. The Hall–Kier alpha value is -4.78. The van der Waals surface area contributed by atoms with Gasteiger partial charge in [-0.1, -0.05) is 115 Å². The predicted molar refractivity (Wildman–Crippen MR) is 175 cm³/mol. The van der Waals surface area contributed by atoms with Gasteiger partial charge >= 0.3 is 0 Å². The number of hydrogen-bond donors (Lipinski definition) is 0. The standard InChI is InChI=1S/C37H26N2O2S2/c40-34(25-16-6-2-7-17-25)32(36-38-27-20-10-12-22-29(27)42-36)31(24-14-4-1-5-15-24)33(35(41)26-18-8-3-9-19-26)37-39-28-21-11-13-23-30(28)43-37/h1-23,31-33H. The SMILES string of the molecule is O=C(c1ccccc1)C(c1nc2ccccc2s1)C(c1ccccc1)C(C(=O)c1ccccc1)c1nc2ccccc2s1. The molecule has 5 aromatic carbocycles. The summed E-state index contributed by atoms with van der Waals surface area (Å²) < 4.78 is 2.00. The molecule has 0 amide bonds. The molecule has 7 aromatic rings. The zero-order valence-corrected chi connectivity index (χ0v) is 24.7. The summed E-state index contributed by atoms with van der Waals surface area (Å²) in [5.74, 6) is -2.16. The Morgan fingerprint density at radius 1 is 0.465 bits per heavy atom. The Morgan fingerprint density at radius 3 is 1.26 bits per heavy atom. The molecule has 4 nitrogen and oxygen atoms in total. The van der Waals surface area contributed by atoms with Crippen LogP contribution in [0.4, 0.5) is 0 Å². The average Bonchev–Trinajstić information content (AvgIpc) is 3.70. The first-order chi connectivity index (χ1) is 21.2. The van der Waals surface area contributed by atoms with E-state index in [1.807, 2.05) is 140 Å². The van der Waals surface area contributed by atoms with Gasteiger partial charge < -0.3 is 0 Å². The number of carbonyl (C=O) groups is 2. The van der Waals surface area contributed by atoms with Gasteiger partial charge in [0, 0.05) is 17.0 Å². The highest BCUT2D eigenvalue weighted by Crippen LogP contribution is 2.49. The molecule has 2 aromatic heterocycles. The van der Waals surface area contributed by atoms with Gasteiger partial charge in [-0.2, -0.15) is 0 Å². The number of aromatic nitrogens is 2. The third-order valence-corrected chi connectivity index (χ3v) is 9.98. The van der Waals surface area contributed by atoms with Crippen LogP contribution in [0.5, 0.6) is 0 Å². The van der Waals surface area contributed by atoms with Crippen LogP contribution in [-0.4, -0.2) is 21.5 Å². The molecule has 43 heavy (non-hydrogen) atoms. The van der Waals surface area contributed by atoms with Gasteiger partial charge in [-0.25, -0.2) is 9.97 Å². The van der Waals surface area contributed by atoms with Gasteiger partial charge in [-0.15, -0.1) is 22.7 Å². The number of nitrogens with zero attached hydrogens (tertiary/aromatic N) is 2. The van der Waals surface area contributed by atoms with E-state index in [0.29, 0.717) is 21.1 Å². The van der Waals surface area contributed by atoms with Crippen LogP contribution in [0.3, 0.4) is 0 Å². The summed E-state index contributed by atoms with van der Waals surface area (Å²) in [4.78, 5) is 39.5. The zero-order valence-electron chi connectivity index (χ0n) is 23.0. The summed E-state index contributed by atoms with van der Waals surface area (Å²) in [7, 11) is 0. The van der Waals surface area contributed by atoms with Gasteiger partial charge in [0.05, 0.1) is 32.3 Å². The highest BCUT2D eigenvalue weighted by Gasteiger charge is 2.44. The fraction of sp³-hybridized carbons (Fsp3) is 0.0811. The Morgan fingerprint density at radius 2 is 0.837 bits per heavy atom. The van der Waals surface area contributed by atoms with Crippen LogP contribution in [0.2, 0.25) is 0 Å². The second-order valence-electron chi connectivity index (χ2n) is 10.4. The van der Waals surface area contributed by atoms with Crippen molar-refractivity contribution < 1.29 is 9.59 Å². The van der Waals surface area contributed by atoms with Crippen molar-refractivity contribution in [3.8, 4) is 0 Å². The number of para-hydroxylation sites is 2. The number of Topliss-reactive ketones (excluding diaryl/α,β-unsaturated/α-hetero) is 2. The summed E-state index contributed by atoms with van der Waals surface area (Å²) in [6.45, 7) is 0. The van der Waals surface area contributed by atoms with Crippen molar-refractivity contribution in [2.24, 2.45) is 0 Å². The molecular weight excluding hydrogens is 569 g/mol. The summed E-state index contributed by atoms with van der Waals surface area (Å²) >= 11 is 3.03. The Labute approximate surface area is 257 Å². The van der Waals surface area contributed by atoms with Gasteiger partial charge in [0.1, 0.15) is 10.0 Å². The summed E-state index contributed by atoms with van der Waals surface area (Å²) in [6, 6.07) is 44.5. The lowest BCUT2D eigenvalue weighted by atomic mass is 9.71. The van der Waals surface area contributed by atoms with Crippen LogP contribution >= 0.6 is 22.7 Å². The monoisotopic (exact) mass is 594 g/mol. The van der Waals surface area contributed by atoms with Crippen molar-refractivity contribution in [2.45, 2.75) is 17.8 Å². The highest BCUT2D eigenvalue weighted by atomic mass is 32.1. The molecule has 0 spiro atoms. The molecule has 0 aliphatic heterocycles. The van der Waals surface area contributed by atoms with Crippen molar-refractivity contribution in [1.29, 1.82) is 0 Å². The lowest BCUT2D eigenvalue weighted by molar-refractivity contribution is 0.0899. The van der Waals surface area contributed by atoms with Crippen molar-refractivity contribution in [3.63, 3.8) is 0 Å².